The summed E-state index contributed by atoms with van der Waals surface area (Å²) < 4.78 is 0. The van der Waals surface area contributed by atoms with E-state index in [-0.39, 0.29) is 0 Å². The molecule has 0 aromatic carbocycles. The predicted octanol–water partition coefficient (Wildman–Crippen LogP) is 2.61. The van der Waals surface area contributed by atoms with Gasteiger partial charge in [0.15, 0.2) is 0 Å². The van der Waals surface area contributed by atoms with Crippen molar-refractivity contribution in [3.05, 3.63) is 23.9 Å². The number of rotatable bonds is 10. The van der Waals surface area contributed by atoms with E-state index < -0.39 is 0 Å². The molecule has 1 heterocycles. The third-order valence-corrected chi connectivity index (χ3v) is 3.39. The molecule has 0 aliphatic rings. The van der Waals surface area contributed by atoms with Gasteiger partial charge in [-0.3, -0.25) is 0 Å². The Kier molecular flexibility index (Phi) is 8.31. The van der Waals surface area contributed by atoms with Crippen molar-refractivity contribution >= 4 is 5.82 Å². The van der Waals surface area contributed by atoms with Crippen LogP contribution in [0.15, 0.2) is 18.2 Å². The van der Waals surface area contributed by atoms with E-state index in [4.69, 9.17) is 4.98 Å². The number of pyridine rings is 1. The Bertz CT molecular complexity index is 390. The number of nitrogens with one attached hydrogen (secondary N) is 1. The normalized spacial score (nSPS) is 11.4. The summed E-state index contributed by atoms with van der Waals surface area (Å²) in [5.41, 5.74) is 1.12. The summed E-state index contributed by atoms with van der Waals surface area (Å²) in [4.78, 5) is 9.37. The van der Waals surface area contributed by atoms with Crippen molar-refractivity contribution in [1.82, 2.24) is 15.2 Å². The monoisotopic (exact) mass is 292 g/mol. The zero-order valence-corrected chi connectivity index (χ0v) is 14.4. The second-order valence-corrected chi connectivity index (χ2v) is 6.25. The Morgan fingerprint density at radius 2 is 1.95 bits per heavy atom. The second-order valence-electron chi connectivity index (χ2n) is 6.25. The minimum absolute atomic E-state index is 0.673. The van der Waals surface area contributed by atoms with Crippen LogP contribution in [-0.4, -0.2) is 50.2 Å². The highest BCUT2D eigenvalue weighted by molar-refractivity contribution is 5.39. The van der Waals surface area contributed by atoms with E-state index in [1.54, 1.807) is 0 Å². The lowest BCUT2D eigenvalue weighted by Crippen LogP contribution is -2.28. The van der Waals surface area contributed by atoms with E-state index in [0.29, 0.717) is 5.92 Å². The molecule has 4 heteroatoms. The van der Waals surface area contributed by atoms with Crippen molar-refractivity contribution in [3.8, 4) is 0 Å². The highest BCUT2D eigenvalue weighted by atomic mass is 15.2. The average molecular weight is 292 g/mol. The average Bonchev–Trinajstić information content (AvgIpc) is 2.43. The quantitative estimate of drug-likeness (QED) is 0.718. The van der Waals surface area contributed by atoms with Crippen LogP contribution in [0.3, 0.4) is 0 Å². The highest BCUT2D eigenvalue weighted by Gasteiger charge is 2.07. The first kappa shape index (κ1) is 17.9. The van der Waals surface area contributed by atoms with Gasteiger partial charge in [0.25, 0.3) is 0 Å². The fourth-order valence-corrected chi connectivity index (χ4v) is 2.24. The molecule has 1 rings (SSSR count). The van der Waals surface area contributed by atoms with Gasteiger partial charge in [-0.1, -0.05) is 19.9 Å². The van der Waals surface area contributed by atoms with E-state index >= 15 is 0 Å². The van der Waals surface area contributed by atoms with Crippen molar-refractivity contribution in [3.63, 3.8) is 0 Å². The zero-order valence-electron chi connectivity index (χ0n) is 14.4. The molecular weight excluding hydrogens is 260 g/mol. The molecule has 1 aromatic heterocycles. The Balaban J connectivity index is 2.55. The third-order valence-electron chi connectivity index (χ3n) is 3.39. The molecule has 21 heavy (non-hydrogen) atoms. The van der Waals surface area contributed by atoms with Crippen molar-refractivity contribution in [1.29, 1.82) is 0 Å². The molecule has 1 aromatic rings. The number of anilines is 1. The predicted molar refractivity (Wildman–Crippen MR) is 91.8 cm³/mol. The Hall–Kier alpha value is -1.13. The van der Waals surface area contributed by atoms with Gasteiger partial charge in [0, 0.05) is 19.6 Å². The summed E-state index contributed by atoms with van der Waals surface area (Å²) >= 11 is 0. The number of aromatic nitrogens is 1. The standard InChI is InChI=1S/C17H32N4/c1-6-21(12-8-11-20(4)5)17-10-7-9-16(19-17)14-18-13-15(2)3/h7,9-10,15,18H,6,8,11-14H2,1-5H3. The van der Waals surface area contributed by atoms with Gasteiger partial charge in [0.1, 0.15) is 5.82 Å². The lowest BCUT2D eigenvalue weighted by molar-refractivity contribution is 0.400. The van der Waals surface area contributed by atoms with Crippen molar-refractivity contribution < 1.29 is 0 Å². The van der Waals surface area contributed by atoms with E-state index in [2.05, 4.69) is 68.2 Å². The van der Waals surface area contributed by atoms with Gasteiger partial charge in [-0.2, -0.15) is 0 Å². The molecule has 0 spiro atoms. The fraction of sp³-hybridized carbons (Fsp3) is 0.706. The molecule has 0 saturated carbocycles. The summed E-state index contributed by atoms with van der Waals surface area (Å²) in [7, 11) is 4.24. The second kappa shape index (κ2) is 9.74. The minimum atomic E-state index is 0.673. The Morgan fingerprint density at radius 1 is 1.19 bits per heavy atom. The summed E-state index contributed by atoms with van der Waals surface area (Å²) in [5.74, 6) is 1.77. The zero-order chi connectivity index (χ0) is 15.7. The van der Waals surface area contributed by atoms with E-state index in [1.807, 2.05) is 0 Å². The van der Waals surface area contributed by atoms with Gasteiger partial charge in [-0.15, -0.1) is 0 Å². The number of hydrogen-bond acceptors (Lipinski definition) is 4. The molecule has 0 atom stereocenters. The molecule has 0 bridgehead atoms. The summed E-state index contributed by atoms with van der Waals surface area (Å²) in [5, 5.41) is 3.46. The topological polar surface area (TPSA) is 31.4 Å². The van der Waals surface area contributed by atoms with E-state index in [9.17, 15) is 0 Å². The lowest BCUT2D eigenvalue weighted by atomic mass is 10.2. The van der Waals surface area contributed by atoms with Crippen LogP contribution in [-0.2, 0) is 6.54 Å². The largest absolute Gasteiger partial charge is 0.357 e. The van der Waals surface area contributed by atoms with Crippen LogP contribution < -0.4 is 10.2 Å². The maximum atomic E-state index is 4.79. The maximum absolute atomic E-state index is 4.79. The van der Waals surface area contributed by atoms with Crippen LogP contribution in [0.1, 0.15) is 32.9 Å². The van der Waals surface area contributed by atoms with Crippen LogP contribution in [0, 0.1) is 5.92 Å². The minimum Gasteiger partial charge on any atom is -0.357 e. The summed E-state index contributed by atoms with van der Waals surface area (Å²) in [6.07, 6.45) is 1.17. The first-order valence-corrected chi connectivity index (χ1v) is 8.09. The highest BCUT2D eigenvalue weighted by Crippen LogP contribution is 2.12. The molecule has 0 unspecified atom stereocenters. The number of nitrogens with zero attached hydrogens (tertiary/aromatic N) is 3. The molecule has 0 amide bonds. The molecule has 4 nitrogen and oxygen atoms in total. The molecule has 1 N–H and O–H groups in total. The van der Waals surface area contributed by atoms with Crippen LogP contribution in [0.4, 0.5) is 5.82 Å². The molecular formula is C17H32N4. The van der Waals surface area contributed by atoms with Gasteiger partial charge in [-0.25, -0.2) is 4.98 Å². The molecule has 0 aliphatic heterocycles. The van der Waals surface area contributed by atoms with Crippen molar-refractivity contribution in [2.45, 2.75) is 33.7 Å². The van der Waals surface area contributed by atoms with Crippen LogP contribution in [0.2, 0.25) is 0 Å². The van der Waals surface area contributed by atoms with E-state index in [0.717, 1.165) is 44.2 Å². The van der Waals surface area contributed by atoms with E-state index in [1.165, 1.54) is 6.42 Å². The number of hydrogen-bond donors (Lipinski definition) is 1. The van der Waals surface area contributed by atoms with Gasteiger partial charge in [0.2, 0.25) is 0 Å². The van der Waals surface area contributed by atoms with Crippen LogP contribution >= 0.6 is 0 Å². The summed E-state index contributed by atoms with van der Waals surface area (Å²) in [6, 6.07) is 6.33. The fourth-order valence-electron chi connectivity index (χ4n) is 2.24. The first-order chi connectivity index (χ1) is 10.0. The lowest BCUT2D eigenvalue weighted by Gasteiger charge is -2.23. The molecule has 0 fully saturated rings. The smallest absolute Gasteiger partial charge is 0.128 e. The Morgan fingerprint density at radius 3 is 2.57 bits per heavy atom. The van der Waals surface area contributed by atoms with Crippen LogP contribution in [0.25, 0.3) is 0 Å². The van der Waals surface area contributed by atoms with Crippen molar-refractivity contribution in [2.75, 3.05) is 45.2 Å². The first-order valence-electron chi connectivity index (χ1n) is 8.09. The van der Waals surface area contributed by atoms with Gasteiger partial charge in [0.05, 0.1) is 5.69 Å². The Labute approximate surface area is 130 Å². The molecule has 0 aliphatic carbocycles. The van der Waals surface area contributed by atoms with Gasteiger partial charge < -0.3 is 15.1 Å². The molecule has 0 saturated heterocycles. The molecule has 120 valence electrons. The third kappa shape index (κ3) is 7.44. The maximum Gasteiger partial charge on any atom is 0.128 e. The van der Waals surface area contributed by atoms with Gasteiger partial charge >= 0.3 is 0 Å². The SMILES string of the molecule is CCN(CCCN(C)C)c1cccc(CNCC(C)C)n1. The van der Waals surface area contributed by atoms with Gasteiger partial charge in [-0.05, 0) is 58.6 Å². The van der Waals surface area contributed by atoms with Crippen molar-refractivity contribution in [2.24, 2.45) is 5.92 Å². The van der Waals surface area contributed by atoms with Crippen LogP contribution in [0.5, 0.6) is 0 Å². The molecule has 0 radical (unpaired) electrons. The summed E-state index contributed by atoms with van der Waals surface area (Å²) in [6.45, 7) is 11.7.